The summed E-state index contributed by atoms with van der Waals surface area (Å²) in [5.74, 6) is 0. The Hall–Kier alpha value is -0.640. The van der Waals surface area contributed by atoms with Crippen LogP contribution in [-0.2, 0) is 13.1 Å². The molecule has 0 aliphatic rings. The van der Waals surface area contributed by atoms with Crippen LogP contribution in [0.15, 0.2) is 18.7 Å². The van der Waals surface area contributed by atoms with Crippen LogP contribution < -0.4 is 5.32 Å². The predicted molar refractivity (Wildman–Crippen MR) is 82.2 cm³/mol. The van der Waals surface area contributed by atoms with Gasteiger partial charge in [0, 0.05) is 22.8 Å². The number of nitrogens with zero attached hydrogens (tertiary/aromatic N) is 1. The molecule has 1 N–H and O–H groups in total. The van der Waals surface area contributed by atoms with E-state index in [9.17, 15) is 0 Å². The van der Waals surface area contributed by atoms with Crippen molar-refractivity contribution in [3.05, 3.63) is 34.0 Å². The highest BCUT2D eigenvalue weighted by Gasteiger charge is 2.07. The van der Waals surface area contributed by atoms with E-state index in [1.54, 1.807) is 0 Å². The highest BCUT2D eigenvalue weighted by molar-refractivity contribution is 7.12. The molecule has 102 valence electrons. The lowest BCUT2D eigenvalue weighted by Gasteiger charge is -2.15. The van der Waals surface area contributed by atoms with Gasteiger partial charge in [0.25, 0.3) is 0 Å². The molecule has 0 spiro atoms. The first-order chi connectivity index (χ1) is 8.67. The smallest absolute Gasteiger partial charge is 0.0299 e. The second kappa shape index (κ2) is 8.46. The molecule has 0 aromatic carbocycles. The van der Waals surface area contributed by atoms with E-state index in [4.69, 9.17) is 0 Å². The van der Waals surface area contributed by atoms with Crippen molar-refractivity contribution in [2.75, 3.05) is 20.1 Å². The molecule has 0 aliphatic heterocycles. The van der Waals surface area contributed by atoms with Crippen LogP contribution in [0.5, 0.6) is 0 Å². The molecule has 3 heteroatoms. The molecule has 0 aliphatic carbocycles. The van der Waals surface area contributed by atoms with Gasteiger partial charge >= 0.3 is 0 Å². The van der Waals surface area contributed by atoms with Gasteiger partial charge in [-0.25, -0.2) is 0 Å². The summed E-state index contributed by atoms with van der Waals surface area (Å²) in [7, 11) is 2.20. The quantitative estimate of drug-likeness (QED) is 0.543. The van der Waals surface area contributed by atoms with Gasteiger partial charge in [-0.05, 0) is 51.5 Å². The van der Waals surface area contributed by atoms with E-state index >= 15 is 0 Å². The Balaban J connectivity index is 2.45. The number of hydrogen-bond acceptors (Lipinski definition) is 3. The van der Waals surface area contributed by atoms with E-state index in [2.05, 4.69) is 43.8 Å². The Morgan fingerprint density at radius 3 is 2.94 bits per heavy atom. The number of unbranched alkanes of at least 4 members (excludes halogenated alkanes) is 1. The first kappa shape index (κ1) is 15.4. The topological polar surface area (TPSA) is 15.3 Å². The SMILES string of the molecule is C=CCCCN(C)Cc1cc(CNCC)sc1C. The summed E-state index contributed by atoms with van der Waals surface area (Å²) in [5.41, 5.74) is 1.48. The Labute approximate surface area is 116 Å². The van der Waals surface area contributed by atoms with Gasteiger partial charge in [-0.3, -0.25) is 0 Å². The van der Waals surface area contributed by atoms with Crippen molar-refractivity contribution < 1.29 is 0 Å². The number of allylic oxidation sites excluding steroid dienone is 1. The highest BCUT2D eigenvalue weighted by atomic mass is 32.1. The van der Waals surface area contributed by atoms with Gasteiger partial charge in [0.1, 0.15) is 0 Å². The molecule has 18 heavy (non-hydrogen) atoms. The molecule has 1 aromatic rings. The Morgan fingerprint density at radius 2 is 2.28 bits per heavy atom. The zero-order chi connectivity index (χ0) is 13.4. The van der Waals surface area contributed by atoms with Crippen molar-refractivity contribution in [1.29, 1.82) is 0 Å². The molecule has 1 aromatic heterocycles. The lowest BCUT2D eigenvalue weighted by molar-refractivity contribution is 0.323. The van der Waals surface area contributed by atoms with Crippen LogP contribution in [0.4, 0.5) is 0 Å². The monoisotopic (exact) mass is 266 g/mol. The lowest BCUT2D eigenvalue weighted by Crippen LogP contribution is -2.19. The average molecular weight is 266 g/mol. The first-order valence-electron chi connectivity index (χ1n) is 6.75. The normalized spacial score (nSPS) is 11.1. The third-order valence-electron chi connectivity index (χ3n) is 3.01. The van der Waals surface area contributed by atoms with E-state index in [1.165, 1.54) is 21.7 Å². The average Bonchev–Trinajstić information content (AvgIpc) is 2.68. The standard InChI is InChI=1S/C15H26N2S/c1-5-7-8-9-17(4)12-14-10-15(11-16-6-2)18-13(14)3/h5,10,16H,1,6-9,11-12H2,2-4H3. The lowest BCUT2D eigenvalue weighted by atomic mass is 10.2. The second-order valence-electron chi connectivity index (χ2n) is 4.74. The largest absolute Gasteiger partial charge is 0.312 e. The third-order valence-corrected chi connectivity index (χ3v) is 4.10. The van der Waals surface area contributed by atoms with Crippen molar-refractivity contribution in [2.45, 2.75) is 39.8 Å². The summed E-state index contributed by atoms with van der Waals surface area (Å²) in [5, 5.41) is 3.39. The van der Waals surface area contributed by atoms with Crippen LogP contribution in [0.1, 0.15) is 35.1 Å². The van der Waals surface area contributed by atoms with E-state index < -0.39 is 0 Å². The number of nitrogens with one attached hydrogen (secondary N) is 1. The molecule has 0 amide bonds. The molecular formula is C15H26N2S. The fourth-order valence-corrected chi connectivity index (χ4v) is 2.98. The molecule has 1 heterocycles. The van der Waals surface area contributed by atoms with Gasteiger partial charge in [-0.1, -0.05) is 13.0 Å². The number of rotatable bonds is 9. The molecule has 0 bridgehead atoms. The van der Waals surface area contributed by atoms with E-state index in [0.717, 1.165) is 32.6 Å². The summed E-state index contributed by atoms with van der Waals surface area (Å²) >= 11 is 1.92. The van der Waals surface area contributed by atoms with Gasteiger partial charge in [0.2, 0.25) is 0 Å². The minimum atomic E-state index is 1.00. The van der Waals surface area contributed by atoms with Crippen molar-refractivity contribution in [1.82, 2.24) is 10.2 Å². The van der Waals surface area contributed by atoms with Crippen molar-refractivity contribution in [2.24, 2.45) is 0 Å². The van der Waals surface area contributed by atoms with E-state index in [1.807, 2.05) is 17.4 Å². The summed E-state index contributed by atoms with van der Waals surface area (Å²) in [6.07, 6.45) is 4.31. The van der Waals surface area contributed by atoms with Gasteiger partial charge in [0.05, 0.1) is 0 Å². The third kappa shape index (κ3) is 5.34. The number of hydrogen-bond donors (Lipinski definition) is 1. The predicted octanol–water partition coefficient (Wildman–Crippen LogP) is 3.56. The molecule has 0 atom stereocenters. The van der Waals surface area contributed by atoms with Gasteiger partial charge in [-0.2, -0.15) is 0 Å². The first-order valence-corrected chi connectivity index (χ1v) is 7.57. The molecular weight excluding hydrogens is 240 g/mol. The molecule has 0 saturated carbocycles. The minimum absolute atomic E-state index is 1.00. The van der Waals surface area contributed by atoms with Crippen LogP contribution in [-0.4, -0.2) is 25.0 Å². The Morgan fingerprint density at radius 1 is 1.50 bits per heavy atom. The maximum Gasteiger partial charge on any atom is 0.0299 e. The number of aryl methyl sites for hydroxylation is 1. The summed E-state index contributed by atoms with van der Waals surface area (Å²) in [4.78, 5) is 5.30. The van der Waals surface area contributed by atoms with Gasteiger partial charge in [0.15, 0.2) is 0 Å². The minimum Gasteiger partial charge on any atom is -0.312 e. The summed E-state index contributed by atoms with van der Waals surface area (Å²) < 4.78 is 0. The molecule has 0 unspecified atom stereocenters. The van der Waals surface area contributed by atoms with Crippen LogP contribution in [0, 0.1) is 6.92 Å². The molecule has 0 fully saturated rings. The maximum absolute atomic E-state index is 3.76. The summed E-state index contributed by atoms with van der Waals surface area (Å²) in [6.45, 7) is 12.4. The van der Waals surface area contributed by atoms with Crippen LogP contribution in [0.3, 0.4) is 0 Å². The summed E-state index contributed by atoms with van der Waals surface area (Å²) in [6, 6.07) is 2.35. The van der Waals surface area contributed by atoms with E-state index in [0.29, 0.717) is 0 Å². The molecule has 0 saturated heterocycles. The second-order valence-corrected chi connectivity index (χ2v) is 6.08. The zero-order valence-corrected chi connectivity index (χ0v) is 12.8. The van der Waals surface area contributed by atoms with Crippen molar-refractivity contribution >= 4 is 11.3 Å². The van der Waals surface area contributed by atoms with Crippen LogP contribution in [0.25, 0.3) is 0 Å². The van der Waals surface area contributed by atoms with Crippen LogP contribution in [0.2, 0.25) is 0 Å². The Bertz CT molecular complexity index is 357. The Kier molecular flexibility index (Phi) is 7.25. The number of thiophene rings is 1. The molecule has 1 rings (SSSR count). The van der Waals surface area contributed by atoms with Crippen LogP contribution >= 0.6 is 11.3 Å². The molecule has 0 radical (unpaired) electrons. The van der Waals surface area contributed by atoms with Crippen molar-refractivity contribution in [3.8, 4) is 0 Å². The maximum atomic E-state index is 3.76. The van der Waals surface area contributed by atoms with E-state index in [-0.39, 0.29) is 0 Å². The van der Waals surface area contributed by atoms with Crippen molar-refractivity contribution in [3.63, 3.8) is 0 Å². The zero-order valence-electron chi connectivity index (χ0n) is 12.0. The fraction of sp³-hybridized carbons (Fsp3) is 0.600. The van der Waals surface area contributed by atoms with Gasteiger partial charge in [-0.15, -0.1) is 17.9 Å². The van der Waals surface area contributed by atoms with Gasteiger partial charge < -0.3 is 10.2 Å². The fourth-order valence-electron chi connectivity index (χ4n) is 1.96. The molecule has 2 nitrogen and oxygen atoms in total. The highest BCUT2D eigenvalue weighted by Crippen LogP contribution is 2.22.